The smallest absolute Gasteiger partial charge is 0.261 e. The molecule has 12 heteroatoms. The van der Waals surface area contributed by atoms with Crippen molar-refractivity contribution in [3.8, 4) is 5.75 Å². The molecule has 1 fully saturated rings. The van der Waals surface area contributed by atoms with Crippen molar-refractivity contribution in [3.63, 3.8) is 0 Å². The van der Waals surface area contributed by atoms with E-state index in [-0.39, 0.29) is 28.8 Å². The number of morpholine rings is 1. The molecule has 1 aliphatic heterocycles. The largest absolute Gasteiger partial charge is 0.492 e. The van der Waals surface area contributed by atoms with Crippen LogP contribution in [-0.2, 0) is 24.8 Å². The maximum absolute atomic E-state index is 12.7. The summed E-state index contributed by atoms with van der Waals surface area (Å²) in [5, 5.41) is 2.72. The summed E-state index contributed by atoms with van der Waals surface area (Å²) in [5.74, 6) is 0.137. The van der Waals surface area contributed by atoms with E-state index in [1.165, 1.54) is 52.8 Å². The number of carbonyl (C=O) groups is 1. The average molecular weight is 546 g/mol. The number of nitrogens with one attached hydrogen (secondary N) is 2. The van der Waals surface area contributed by atoms with Gasteiger partial charge < -0.3 is 14.8 Å². The Kier molecular flexibility index (Phi) is 8.44. The molecule has 10 nitrogen and oxygen atoms in total. The van der Waals surface area contributed by atoms with Gasteiger partial charge in [0.1, 0.15) is 12.4 Å². The minimum absolute atomic E-state index is 0.144. The van der Waals surface area contributed by atoms with E-state index < -0.39 is 20.0 Å². The Labute approximate surface area is 216 Å². The van der Waals surface area contributed by atoms with Crippen LogP contribution in [0, 0.1) is 0 Å². The first-order valence-corrected chi connectivity index (χ1v) is 14.4. The molecule has 0 aromatic heterocycles. The second-order valence-electron chi connectivity index (χ2n) is 8.09. The van der Waals surface area contributed by atoms with Crippen molar-refractivity contribution in [3.05, 3.63) is 84.4 Å². The summed E-state index contributed by atoms with van der Waals surface area (Å²) in [7, 11) is -7.29. The van der Waals surface area contributed by atoms with Gasteiger partial charge in [-0.2, -0.15) is 4.31 Å². The highest BCUT2D eigenvalue weighted by molar-refractivity contribution is 7.92. The van der Waals surface area contributed by atoms with Crippen LogP contribution in [0.25, 0.3) is 0 Å². The number of ether oxygens (including phenoxy) is 2. The zero-order valence-electron chi connectivity index (χ0n) is 19.9. The van der Waals surface area contributed by atoms with E-state index in [4.69, 9.17) is 9.47 Å². The Morgan fingerprint density at radius 1 is 0.838 bits per heavy atom. The van der Waals surface area contributed by atoms with E-state index >= 15 is 0 Å². The van der Waals surface area contributed by atoms with E-state index in [9.17, 15) is 21.6 Å². The highest BCUT2D eigenvalue weighted by atomic mass is 32.2. The third-order valence-electron chi connectivity index (χ3n) is 5.54. The predicted molar refractivity (Wildman–Crippen MR) is 138 cm³/mol. The lowest BCUT2D eigenvalue weighted by atomic mass is 10.2. The monoisotopic (exact) mass is 545 g/mol. The summed E-state index contributed by atoms with van der Waals surface area (Å²) in [4.78, 5) is 12.7. The fraction of sp³-hybridized carbons (Fsp3) is 0.240. The highest BCUT2D eigenvalue weighted by Gasteiger charge is 2.26. The van der Waals surface area contributed by atoms with Crippen molar-refractivity contribution in [2.24, 2.45) is 0 Å². The number of carbonyl (C=O) groups excluding carboxylic acids is 1. The van der Waals surface area contributed by atoms with Crippen LogP contribution >= 0.6 is 0 Å². The molecule has 0 saturated carbocycles. The minimum Gasteiger partial charge on any atom is -0.492 e. The van der Waals surface area contributed by atoms with Gasteiger partial charge in [0.25, 0.3) is 15.9 Å². The minimum atomic E-state index is -3.72. The van der Waals surface area contributed by atoms with E-state index in [0.29, 0.717) is 43.3 Å². The quantitative estimate of drug-likeness (QED) is 0.374. The number of rotatable bonds is 10. The number of amides is 1. The van der Waals surface area contributed by atoms with Gasteiger partial charge in [-0.3, -0.25) is 9.52 Å². The van der Waals surface area contributed by atoms with Crippen LogP contribution in [0.15, 0.2) is 88.7 Å². The molecule has 1 saturated heterocycles. The number of anilines is 1. The van der Waals surface area contributed by atoms with Crippen LogP contribution < -0.4 is 14.8 Å². The Morgan fingerprint density at radius 3 is 2.14 bits per heavy atom. The van der Waals surface area contributed by atoms with Gasteiger partial charge in [0, 0.05) is 24.3 Å². The SMILES string of the molecule is O=C(NCCOc1ccc(S(=O)(=O)N2CCOCC2)cc1)c1ccc(NS(=O)(=O)c2ccccc2)cc1. The predicted octanol–water partition coefficient (Wildman–Crippen LogP) is 2.32. The normalized spacial score (nSPS) is 14.6. The molecule has 3 aromatic rings. The van der Waals surface area contributed by atoms with E-state index in [2.05, 4.69) is 10.0 Å². The van der Waals surface area contributed by atoms with E-state index in [1.807, 2.05) is 0 Å². The molecule has 1 heterocycles. The molecular formula is C25H27N3O7S2. The molecule has 2 N–H and O–H groups in total. The summed E-state index contributed by atoms with van der Waals surface area (Å²) >= 11 is 0. The fourth-order valence-electron chi connectivity index (χ4n) is 3.58. The fourth-order valence-corrected chi connectivity index (χ4v) is 6.07. The molecular weight excluding hydrogens is 518 g/mol. The molecule has 196 valence electrons. The summed E-state index contributed by atoms with van der Waals surface area (Å²) < 4.78 is 64.8. The van der Waals surface area contributed by atoms with Crippen molar-refractivity contribution in [2.45, 2.75) is 9.79 Å². The van der Waals surface area contributed by atoms with Gasteiger partial charge >= 0.3 is 0 Å². The van der Waals surface area contributed by atoms with Crippen molar-refractivity contribution >= 4 is 31.6 Å². The number of benzene rings is 3. The lowest BCUT2D eigenvalue weighted by molar-refractivity contribution is 0.0730. The van der Waals surface area contributed by atoms with Gasteiger partial charge in [-0.25, -0.2) is 16.8 Å². The topological polar surface area (TPSA) is 131 Å². The van der Waals surface area contributed by atoms with Crippen LogP contribution in [0.4, 0.5) is 5.69 Å². The zero-order valence-corrected chi connectivity index (χ0v) is 21.5. The van der Waals surface area contributed by atoms with Gasteiger partial charge in [-0.15, -0.1) is 0 Å². The third-order valence-corrected chi connectivity index (χ3v) is 8.85. The molecule has 0 radical (unpaired) electrons. The Morgan fingerprint density at radius 2 is 1.49 bits per heavy atom. The van der Waals surface area contributed by atoms with Gasteiger partial charge in [-0.1, -0.05) is 18.2 Å². The molecule has 1 amide bonds. The van der Waals surface area contributed by atoms with Crippen molar-refractivity contribution in [1.82, 2.24) is 9.62 Å². The summed E-state index contributed by atoms with van der Waals surface area (Å²) in [6.07, 6.45) is 0. The molecule has 0 unspecified atom stereocenters. The Hall–Kier alpha value is -3.45. The third kappa shape index (κ3) is 6.86. The highest BCUT2D eigenvalue weighted by Crippen LogP contribution is 2.20. The van der Waals surface area contributed by atoms with Crippen LogP contribution in [-0.4, -0.2) is 66.5 Å². The molecule has 4 rings (SSSR count). The van der Waals surface area contributed by atoms with Crippen molar-refractivity contribution in [2.75, 3.05) is 44.2 Å². The average Bonchev–Trinajstić information content (AvgIpc) is 2.92. The number of hydrogen-bond acceptors (Lipinski definition) is 7. The molecule has 0 bridgehead atoms. The summed E-state index contributed by atoms with van der Waals surface area (Å²) in [6, 6.07) is 20.2. The number of nitrogens with zero attached hydrogens (tertiary/aromatic N) is 1. The van der Waals surface area contributed by atoms with Crippen LogP contribution in [0.5, 0.6) is 5.75 Å². The second-order valence-corrected chi connectivity index (χ2v) is 11.7. The van der Waals surface area contributed by atoms with Gasteiger partial charge in [-0.05, 0) is 60.7 Å². The van der Waals surface area contributed by atoms with Crippen molar-refractivity contribution in [1.29, 1.82) is 0 Å². The molecule has 37 heavy (non-hydrogen) atoms. The van der Waals surface area contributed by atoms with Gasteiger partial charge in [0.15, 0.2) is 0 Å². The molecule has 3 aromatic carbocycles. The summed E-state index contributed by atoms with van der Waals surface area (Å²) in [6.45, 7) is 1.80. The van der Waals surface area contributed by atoms with E-state index in [0.717, 1.165) is 0 Å². The Balaban J connectivity index is 1.24. The van der Waals surface area contributed by atoms with Crippen LogP contribution in [0.3, 0.4) is 0 Å². The number of sulfonamides is 2. The molecule has 0 spiro atoms. The molecule has 0 atom stereocenters. The second kappa shape index (κ2) is 11.7. The first-order chi connectivity index (χ1) is 17.8. The molecule has 1 aliphatic rings. The maximum atomic E-state index is 12.7. The first kappa shape index (κ1) is 26.6. The van der Waals surface area contributed by atoms with Gasteiger partial charge in [0.05, 0.1) is 29.5 Å². The number of hydrogen-bond donors (Lipinski definition) is 2. The maximum Gasteiger partial charge on any atom is 0.261 e. The molecule has 0 aliphatic carbocycles. The van der Waals surface area contributed by atoms with E-state index in [1.54, 1.807) is 30.3 Å². The Bertz CT molecular complexity index is 1410. The zero-order chi connectivity index (χ0) is 26.3. The van der Waals surface area contributed by atoms with Crippen molar-refractivity contribution < 1.29 is 31.1 Å². The standard InChI is InChI=1S/C25H27N3O7S2/c29-25(20-6-8-21(9-7-20)27-36(30,31)23-4-2-1-3-5-23)26-14-17-35-22-10-12-24(13-11-22)37(32,33)28-15-18-34-19-16-28/h1-13,27H,14-19H2,(H,26,29). The lowest BCUT2D eigenvalue weighted by Crippen LogP contribution is -2.40. The van der Waals surface area contributed by atoms with Gasteiger partial charge in [0.2, 0.25) is 10.0 Å². The summed E-state index contributed by atoms with van der Waals surface area (Å²) in [5.41, 5.74) is 0.697. The van der Waals surface area contributed by atoms with Crippen LogP contribution in [0.1, 0.15) is 10.4 Å². The first-order valence-electron chi connectivity index (χ1n) is 11.5. The van der Waals surface area contributed by atoms with Crippen LogP contribution in [0.2, 0.25) is 0 Å². The lowest BCUT2D eigenvalue weighted by Gasteiger charge is -2.26.